The van der Waals surface area contributed by atoms with Crippen LogP contribution in [-0.4, -0.2) is 58.0 Å². The van der Waals surface area contributed by atoms with Gasteiger partial charge in [0.05, 0.1) is 37.7 Å². The number of ether oxygens (including phenoxy) is 1. The lowest BCUT2D eigenvalue weighted by molar-refractivity contribution is -0.123. The number of aliphatic hydroxyl groups excluding tert-OH is 1. The highest BCUT2D eigenvalue weighted by atomic mass is 16.5. The van der Waals surface area contributed by atoms with Gasteiger partial charge in [0.2, 0.25) is 0 Å². The van der Waals surface area contributed by atoms with E-state index in [0.29, 0.717) is 31.7 Å². The van der Waals surface area contributed by atoms with Crippen molar-refractivity contribution in [3.8, 4) is 0 Å². The third-order valence-corrected chi connectivity index (χ3v) is 4.30. The number of morpholine rings is 1. The molecule has 3 rings (SSSR count). The minimum atomic E-state index is -0.774. The van der Waals surface area contributed by atoms with E-state index in [1.54, 1.807) is 11.0 Å². The third kappa shape index (κ3) is 3.60. The fraction of sp³-hybridized carbons (Fsp3) is 0.389. The van der Waals surface area contributed by atoms with Gasteiger partial charge in [-0.15, -0.1) is 0 Å². The van der Waals surface area contributed by atoms with Crippen LogP contribution in [0.5, 0.6) is 0 Å². The van der Waals surface area contributed by atoms with Crippen LogP contribution in [0.25, 0.3) is 0 Å². The number of carbonyl (C=O) groups excluding carboxylic acids is 1. The third-order valence-electron chi connectivity index (χ3n) is 4.30. The second-order valence-electron chi connectivity index (χ2n) is 6.21. The van der Waals surface area contributed by atoms with Crippen molar-refractivity contribution in [3.05, 3.63) is 59.4 Å². The number of aryl methyl sites for hydroxylation is 1. The number of hydrogen-bond donors (Lipinski definition) is 1. The lowest BCUT2D eigenvalue weighted by Gasteiger charge is -2.42. The normalized spacial score (nSPS) is 20.8. The number of amides is 1. The Bertz CT molecular complexity index is 690. The number of aliphatic hydroxyl groups is 1. The zero-order valence-corrected chi connectivity index (χ0v) is 13.7. The van der Waals surface area contributed by atoms with Gasteiger partial charge in [0.1, 0.15) is 5.60 Å². The molecular weight excluding hydrogens is 306 g/mol. The van der Waals surface area contributed by atoms with Crippen LogP contribution in [0.4, 0.5) is 0 Å². The molecule has 1 N–H and O–H groups in total. The first-order valence-electron chi connectivity index (χ1n) is 7.98. The molecule has 1 aliphatic rings. The Hall–Kier alpha value is -2.31. The minimum absolute atomic E-state index is 0.116. The summed E-state index contributed by atoms with van der Waals surface area (Å²) in [7, 11) is 0. The molecule has 0 aliphatic carbocycles. The zero-order valence-electron chi connectivity index (χ0n) is 13.7. The molecule has 1 unspecified atom stereocenters. The van der Waals surface area contributed by atoms with Gasteiger partial charge >= 0.3 is 0 Å². The molecule has 0 spiro atoms. The number of benzene rings is 1. The molecular formula is C18H21N3O3. The Morgan fingerprint density at radius 2 is 2.08 bits per heavy atom. The van der Waals surface area contributed by atoms with E-state index in [4.69, 9.17) is 4.74 Å². The van der Waals surface area contributed by atoms with Crippen molar-refractivity contribution < 1.29 is 14.6 Å². The topological polar surface area (TPSA) is 75.5 Å². The van der Waals surface area contributed by atoms with Crippen LogP contribution >= 0.6 is 0 Å². The number of hydrogen-bond acceptors (Lipinski definition) is 5. The first-order chi connectivity index (χ1) is 11.6. The molecule has 1 atom stereocenters. The Balaban J connectivity index is 1.76. The van der Waals surface area contributed by atoms with Gasteiger partial charge in [0, 0.05) is 13.0 Å². The highest BCUT2D eigenvalue weighted by Gasteiger charge is 2.38. The van der Waals surface area contributed by atoms with Crippen molar-refractivity contribution in [2.75, 3.05) is 26.3 Å². The maximum atomic E-state index is 12.6. The number of aromatic nitrogens is 2. The van der Waals surface area contributed by atoms with Crippen LogP contribution in [-0.2, 0) is 11.2 Å². The Labute approximate surface area is 141 Å². The van der Waals surface area contributed by atoms with Crippen LogP contribution in [0.15, 0.2) is 42.7 Å². The molecule has 1 aromatic carbocycles. The number of nitrogens with zero attached hydrogens (tertiary/aromatic N) is 3. The summed E-state index contributed by atoms with van der Waals surface area (Å²) in [6.07, 6.45) is 3.51. The second kappa shape index (κ2) is 7.07. The summed E-state index contributed by atoms with van der Waals surface area (Å²) in [6, 6.07) is 9.78. The number of rotatable bonds is 4. The molecule has 0 bridgehead atoms. The summed E-state index contributed by atoms with van der Waals surface area (Å²) >= 11 is 0. The molecule has 0 radical (unpaired) electrons. The van der Waals surface area contributed by atoms with E-state index >= 15 is 0 Å². The smallest absolute Gasteiger partial charge is 0.255 e. The summed E-state index contributed by atoms with van der Waals surface area (Å²) < 4.78 is 5.89. The zero-order chi connectivity index (χ0) is 17.0. The van der Waals surface area contributed by atoms with Gasteiger partial charge < -0.3 is 14.7 Å². The van der Waals surface area contributed by atoms with Crippen molar-refractivity contribution in [1.82, 2.24) is 15.1 Å². The second-order valence-corrected chi connectivity index (χ2v) is 6.21. The molecule has 1 aromatic heterocycles. The fourth-order valence-corrected chi connectivity index (χ4v) is 2.95. The largest absolute Gasteiger partial charge is 0.393 e. The van der Waals surface area contributed by atoms with E-state index in [0.717, 1.165) is 5.56 Å². The maximum Gasteiger partial charge on any atom is 0.255 e. The quantitative estimate of drug-likeness (QED) is 0.914. The maximum absolute atomic E-state index is 12.6. The highest BCUT2D eigenvalue weighted by molar-refractivity contribution is 5.93. The molecule has 0 saturated carbocycles. The van der Waals surface area contributed by atoms with Gasteiger partial charge in [-0.1, -0.05) is 29.8 Å². The van der Waals surface area contributed by atoms with Crippen molar-refractivity contribution in [2.24, 2.45) is 0 Å². The average molecular weight is 327 g/mol. The Kier molecular flexibility index (Phi) is 4.87. The molecule has 1 aliphatic heterocycles. The predicted molar refractivity (Wildman–Crippen MR) is 88.6 cm³/mol. The van der Waals surface area contributed by atoms with E-state index in [9.17, 15) is 9.90 Å². The predicted octanol–water partition coefficient (Wildman–Crippen LogP) is 1.23. The number of carbonyl (C=O) groups is 1. The van der Waals surface area contributed by atoms with E-state index in [-0.39, 0.29) is 12.5 Å². The highest BCUT2D eigenvalue weighted by Crippen LogP contribution is 2.24. The summed E-state index contributed by atoms with van der Waals surface area (Å²) in [6.45, 7) is 3.14. The van der Waals surface area contributed by atoms with Crippen LogP contribution < -0.4 is 0 Å². The van der Waals surface area contributed by atoms with E-state index in [2.05, 4.69) is 10.2 Å². The van der Waals surface area contributed by atoms with Gasteiger partial charge in [-0.3, -0.25) is 4.79 Å². The van der Waals surface area contributed by atoms with Crippen molar-refractivity contribution in [1.29, 1.82) is 0 Å². The van der Waals surface area contributed by atoms with Crippen LogP contribution in [0.2, 0.25) is 0 Å². The molecule has 1 fully saturated rings. The van der Waals surface area contributed by atoms with Gasteiger partial charge in [-0.2, -0.15) is 10.2 Å². The molecule has 126 valence electrons. The first-order valence-corrected chi connectivity index (χ1v) is 7.98. The van der Waals surface area contributed by atoms with E-state index < -0.39 is 5.60 Å². The van der Waals surface area contributed by atoms with Gasteiger partial charge in [0.15, 0.2) is 0 Å². The van der Waals surface area contributed by atoms with E-state index in [1.165, 1.54) is 18.0 Å². The molecule has 6 nitrogen and oxygen atoms in total. The summed E-state index contributed by atoms with van der Waals surface area (Å²) in [5, 5.41) is 17.4. The van der Waals surface area contributed by atoms with Crippen molar-refractivity contribution >= 4 is 5.91 Å². The summed E-state index contributed by atoms with van der Waals surface area (Å²) in [4.78, 5) is 14.3. The Morgan fingerprint density at radius 1 is 1.29 bits per heavy atom. The molecule has 6 heteroatoms. The van der Waals surface area contributed by atoms with Crippen molar-refractivity contribution in [3.63, 3.8) is 0 Å². The van der Waals surface area contributed by atoms with Crippen molar-refractivity contribution in [2.45, 2.75) is 18.9 Å². The average Bonchev–Trinajstić information content (AvgIpc) is 2.64. The van der Waals surface area contributed by atoms with Crippen LogP contribution in [0.1, 0.15) is 21.5 Å². The molecule has 2 aromatic rings. The SMILES string of the molecule is Cc1ccc(CC2(CO)CN(C(=O)c3ccnnc3)CCO2)cc1. The van der Waals surface area contributed by atoms with Crippen LogP contribution in [0, 0.1) is 6.92 Å². The molecule has 1 saturated heterocycles. The molecule has 24 heavy (non-hydrogen) atoms. The lowest BCUT2D eigenvalue weighted by Crippen LogP contribution is -2.56. The molecule has 1 amide bonds. The summed E-state index contributed by atoms with van der Waals surface area (Å²) in [5.41, 5.74) is 1.98. The van der Waals surface area contributed by atoms with Gasteiger partial charge in [-0.05, 0) is 18.6 Å². The first kappa shape index (κ1) is 16.5. The minimum Gasteiger partial charge on any atom is -0.393 e. The fourth-order valence-electron chi connectivity index (χ4n) is 2.95. The lowest BCUT2D eigenvalue weighted by atomic mass is 9.92. The van der Waals surface area contributed by atoms with Gasteiger partial charge in [-0.25, -0.2) is 0 Å². The van der Waals surface area contributed by atoms with Gasteiger partial charge in [0.25, 0.3) is 5.91 Å². The van der Waals surface area contributed by atoms with E-state index in [1.807, 2.05) is 31.2 Å². The summed E-state index contributed by atoms with van der Waals surface area (Å²) in [5.74, 6) is -0.116. The Morgan fingerprint density at radius 3 is 2.75 bits per heavy atom. The molecule has 2 heterocycles. The van der Waals surface area contributed by atoms with Crippen LogP contribution in [0.3, 0.4) is 0 Å². The standard InChI is InChI=1S/C18H21N3O3/c1-14-2-4-15(5-3-14)10-18(13-22)12-21(8-9-24-18)17(23)16-6-7-19-20-11-16/h2-7,11,22H,8-10,12-13H2,1H3. The monoisotopic (exact) mass is 327 g/mol.